The van der Waals surface area contributed by atoms with Gasteiger partial charge in [-0.05, 0) is 43.3 Å². The van der Waals surface area contributed by atoms with Crippen LogP contribution in [-0.4, -0.2) is 17.4 Å². The molecule has 2 aromatic rings. The van der Waals surface area contributed by atoms with Crippen LogP contribution in [-0.2, 0) is 6.54 Å². The molecule has 2 N–H and O–H groups in total. The first-order valence-corrected chi connectivity index (χ1v) is 5.88. The Morgan fingerprint density at radius 2 is 2.00 bits per heavy atom. The number of anilines is 1. The fourth-order valence-electron chi connectivity index (χ4n) is 1.73. The first kappa shape index (κ1) is 12.2. The summed E-state index contributed by atoms with van der Waals surface area (Å²) in [6, 6.07) is 10.6. The number of benzene rings is 1. The first-order chi connectivity index (χ1) is 8.70. The third-order valence-corrected chi connectivity index (χ3v) is 2.75. The Balaban J connectivity index is 2.12. The minimum absolute atomic E-state index is 0.0195. The Bertz CT molecular complexity index is 503. The van der Waals surface area contributed by atoms with Crippen molar-refractivity contribution in [1.29, 1.82) is 0 Å². The van der Waals surface area contributed by atoms with Crippen LogP contribution in [0.4, 0.5) is 5.69 Å². The van der Waals surface area contributed by atoms with E-state index in [0.29, 0.717) is 24.3 Å². The van der Waals surface area contributed by atoms with Gasteiger partial charge in [-0.15, -0.1) is 0 Å². The number of amides is 1. The van der Waals surface area contributed by atoms with Gasteiger partial charge in [0.05, 0.1) is 12.8 Å². The van der Waals surface area contributed by atoms with Crippen LogP contribution in [0.25, 0.3) is 0 Å². The number of furan rings is 1. The van der Waals surface area contributed by atoms with E-state index in [4.69, 9.17) is 10.2 Å². The van der Waals surface area contributed by atoms with Crippen LogP contribution in [0, 0.1) is 0 Å². The maximum atomic E-state index is 12.3. The second kappa shape index (κ2) is 5.40. The van der Waals surface area contributed by atoms with Crippen molar-refractivity contribution in [3.63, 3.8) is 0 Å². The van der Waals surface area contributed by atoms with Crippen molar-refractivity contribution < 1.29 is 9.21 Å². The molecule has 4 nitrogen and oxygen atoms in total. The minimum atomic E-state index is -0.0195. The third-order valence-electron chi connectivity index (χ3n) is 2.75. The number of nitrogens with two attached hydrogens (primary N) is 1. The summed E-state index contributed by atoms with van der Waals surface area (Å²) < 4.78 is 5.26. The summed E-state index contributed by atoms with van der Waals surface area (Å²) in [5.74, 6) is 0.759. The van der Waals surface area contributed by atoms with Gasteiger partial charge in [0.25, 0.3) is 5.91 Å². The Kier molecular flexibility index (Phi) is 3.67. The van der Waals surface area contributed by atoms with Crippen molar-refractivity contribution in [1.82, 2.24) is 4.90 Å². The SMILES string of the molecule is CCN(Cc1ccco1)C(=O)c1ccc(N)cc1. The van der Waals surface area contributed by atoms with Crippen molar-refractivity contribution in [3.05, 3.63) is 54.0 Å². The van der Waals surface area contributed by atoms with E-state index in [9.17, 15) is 4.79 Å². The van der Waals surface area contributed by atoms with E-state index < -0.39 is 0 Å². The predicted molar refractivity (Wildman–Crippen MR) is 70.0 cm³/mol. The average molecular weight is 244 g/mol. The summed E-state index contributed by atoms with van der Waals surface area (Å²) in [5.41, 5.74) is 6.90. The lowest BCUT2D eigenvalue weighted by atomic mass is 10.2. The van der Waals surface area contributed by atoms with Crippen molar-refractivity contribution in [2.75, 3.05) is 12.3 Å². The van der Waals surface area contributed by atoms with E-state index in [1.165, 1.54) is 0 Å². The molecule has 0 radical (unpaired) electrons. The summed E-state index contributed by atoms with van der Waals surface area (Å²) in [6.45, 7) is 3.05. The Morgan fingerprint density at radius 1 is 1.28 bits per heavy atom. The topological polar surface area (TPSA) is 59.5 Å². The molecule has 0 aliphatic rings. The van der Waals surface area contributed by atoms with E-state index in [1.807, 2.05) is 19.1 Å². The van der Waals surface area contributed by atoms with Gasteiger partial charge in [0.2, 0.25) is 0 Å². The molecule has 0 fully saturated rings. The van der Waals surface area contributed by atoms with Gasteiger partial charge in [-0.3, -0.25) is 4.79 Å². The normalized spacial score (nSPS) is 10.3. The second-order valence-electron chi connectivity index (χ2n) is 4.02. The molecule has 0 saturated carbocycles. The van der Waals surface area contributed by atoms with Gasteiger partial charge in [-0.1, -0.05) is 0 Å². The van der Waals surface area contributed by atoms with E-state index in [1.54, 1.807) is 35.4 Å². The summed E-state index contributed by atoms with van der Waals surface area (Å²) in [5, 5.41) is 0. The minimum Gasteiger partial charge on any atom is -0.467 e. The van der Waals surface area contributed by atoms with Gasteiger partial charge in [-0.2, -0.15) is 0 Å². The highest BCUT2D eigenvalue weighted by atomic mass is 16.3. The zero-order valence-electron chi connectivity index (χ0n) is 10.3. The summed E-state index contributed by atoms with van der Waals surface area (Å²) in [6.07, 6.45) is 1.61. The van der Waals surface area contributed by atoms with Crippen LogP contribution in [0.1, 0.15) is 23.0 Å². The van der Waals surface area contributed by atoms with Crippen LogP contribution in [0.2, 0.25) is 0 Å². The standard InChI is InChI=1S/C14H16N2O2/c1-2-16(10-13-4-3-9-18-13)14(17)11-5-7-12(15)8-6-11/h3-9H,2,10,15H2,1H3. The number of nitrogens with zero attached hydrogens (tertiary/aromatic N) is 1. The molecule has 0 spiro atoms. The molecular formula is C14H16N2O2. The first-order valence-electron chi connectivity index (χ1n) is 5.88. The summed E-state index contributed by atoms with van der Waals surface area (Å²) in [4.78, 5) is 14.0. The van der Waals surface area contributed by atoms with Crippen LogP contribution >= 0.6 is 0 Å². The van der Waals surface area contributed by atoms with Crippen molar-refractivity contribution in [3.8, 4) is 0 Å². The summed E-state index contributed by atoms with van der Waals surface area (Å²) >= 11 is 0. The van der Waals surface area contributed by atoms with E-state index >= 15 is 0 Å². The Hall–Kier alpha value is -2.23. The second-order valence-corrected chi connectivity index (χ2v) is 4.02. The largest absolute Gasteiger partial charge is 0.467 e. The smallest absolute Gasteiger partial charge is 0.254 e. The zero-order chi connectivity index (χ0) is 13.0. The van der Waals surface area contributed by atoms with E-state index in [2.05, 4.69) is 0 Å². The molecule has 1 heterocycles. The van der Waals surface area contributed by atoms with E-state index in [-0.39, 0.29) is 5.91 Å². The lowest BCUT2D eigenvalue weighted by Crippen LogP contribution is -2.30. The monoisotopic (exact) mass is 244 g/mol. The van der Waals surface area contributed by atoms with E-state index in [0.717, 1.165) is 5.76 Å². The number of carbonyl (C=O) groups is 1. The molecule has 0 bridgehead atoms. The van der Waals surface area contributed by atoms with Crippen LogP contribution in [0.15, 0.2) is 47.1 Å². The maximum absolute atomic E-state index is 12.3. The van der Waals surface area contributed by atoms with Crippen LogP contribution < -0.4 is 5.73 Å². The highest BCUT2D eigenvalue weighted by molar-refractivity contribution is 5.94. The van der Waals surface area contributed by atoms with Gasteiger partial charge in [0.15, 0.2) is 0 Å². The number of hydrogen-bond acceptors (Lipinski definition) is 3. The highest BCUT2D eigenvalue weighted by Crippen LogP contribution is 2.12. The highest BCUT2D eigenvalue weighted by Gasteiger charge is 2.15. The van der Waals surface area contributed by atoms with Gasteiger partial charge in [0.1, 0.15) is 5.76 Å². The van der Waals surface area contributed by atoms with Gasteiger partial charge < -0.3 is 15.1 Å². The number of hydrogen-bond donors (Lipinski definition) is 1. The third kappa shape index (κ3) is 2.71. The fraction of sp³-hybridized carbons (Fsp3) is 0.214. The van der Waals surface area contributed by atoms with Crippen molar-refractivity contribution in [2.45, 2.75) is 13.5 Å². The molecular weight excluding hydrogens is 228 g/mol. The molecule has 0 aliphatic heterocycles. The van der Waals surface area contributed by atoms with Gasteiger partial charge >= 0.3 is 0 Å². The average Bonchev–Trinajstić information content (AvgIpc) is 2.89. The van der Waals surface area contributed by atoms with Crippen molar-refractivity contribution in [2.24, 2.45) is 0 Å². The van der Waals surface area contributed by atoms with Crippen LogP contribution in [0.5, 0.6) is 0 Å². The number of rotatable bonds is 4. The molecule has 0 saturated heterocycles. The molecule has 1 aromatic heterocycles. The molecule has 2 rings (SSSR count). The fourth-order valence-corrected chi connectivity index (χ4v) is 1.73. The Labute approximate surface area is 106 Å². The quantitative estimate of drug-likeness (QED) is 0.841. The molecule has 4 heteroatoms. The van der Waals surface area contributed by atoms with Crippen molar-refractivity contribution >= 4 is 11.6 Å². The van der Waals surface area contributed by atoms with Gasteiger partial charge in [-0.25, -0.2) is 0 Å². The molecule has 0 aliphatic carbocycles. The molecule has 0 unspecified atom stereocenters. The lowest BCUT2D eigenvalue weighted by Gasteiger charge is -2.19. The van der Waals surface area contributed by atoms with Crippen LogP contribution in [0.3, 0.4) is 0 Å². The zero-order valence-corrected chi connectivity index (χ0v) is 10.3. The van der Waals surface area contributed by atoms with Gasteiger partial charge in [0, 0.05) is 17.8 Å². The molecule has 0 atom stereocenters. The maximum Gasteiger partial charge on any atom is 0.254 e. The number of nitrogen functional groups attached to an aromatic ring is 1. The molecule has 1 aromatic carbocycles. The molecule has 1 amide bonds. The Morgan fingerprint density at radius 3 is 2.56 bits per heavy atom. The predicted octanol–water partition coefficient (Wildman–Crippen LogP) is 2.52. The summed E-state index contributed by atoms with van der Waals surface area (Å²) in [7, 11) is 0. The molecule has 18 heavy (non-hydrogen) atoms. The molecule has 94 valence electrons. The lowest BCUT2D eigenvalue weighted by molar-refractivity contribution is 0.0741. The number of carbonyl (C=O) groups excluding carboxylic acids is 1.